The lowest BCUT2D eigenvalue weighted by Gasteiger charge is -2.06. The van der Waals surface area contributed by atoms with Crippen LogP contribution in [-0.4, -0.2) is 11.9 Å². The van der Waals surface area contributed by atoms with E-state index in [-0.39, 0.29) is 11.3 Å². The Morgan fingerprint density at radius 3 is 2.26 bits per heavy atom. The average molecular weight is 368 g/mol. The maximum absolute atomic E-state index is 12.9. The van der Waals surface area contributed by atoms with E-state index < -0.39 is 7.80 Å². The fourth-order valence-electron chi connectivity index (χ4n) is 2.23. The summed E-state index contributed by atoms with van der Waals surface area (Å²) < 4.78 is 12.6. The van der Waals surface area contributed by atoms with Crippen LogP contribution in [0.5, 0.6) is 0 Å². The number of hydrogen-bond acceptors (Lipinski definition) is 2. The highest BCUT2D eigenvalue weighted by atomic mass is 35.5. The molecule has 0 fully saturated rings. The highest BCUT2D eigenvalue weighted by molar-refractivity contribution is 7.53. The fraction of sp³-hybridized carbons (Fsp3) is 0.278. The molecule has 5 heteroatoms. The van der Waals surface area contributed by atoms with Crippen molar-refractivity contribution in [1.29, 1.82) is 0 Å². The van der Waals surface area contributed by atoms with Crippen molar-refractivity contribution in [2.24, 2.45) is 5.92 Å². The minimum atomic E-state index is -1.63. The first kappa shape index (κ1) is 18.1. The third kappa shape index (κ3) is 4.41. The van der Waals surface area contributed by atoms with Gasteiger partial charge in [-0.3, -0.25) is 4.79 Å². The Bertz CT molecular complexity index is 721. The highest BCUT2D eigenvalue weighted by Crippen LogP contribution is 2.30. The molecule has 0 heterocycles. The van der Waals surface area contributed by atoms with Crippen LogP contribution in [0.4, 0.5) is 0 Å². The first-order valence-corrected chi connectivity index (χ1v) is 9.64. The van der Waals surface area contributed by atoms with Gasteiger partial charge in [-0.25, -0.2) is 0 Å². The maximum Gasteiger partial charge on any atom is 0.377 e. The first-order chi connectivity index (χ1) is 10.9. The van der Waals surface area contributed by atoms with Crippen molar-refractivity contribution in [3.63, 3.8) is 0 Å². The SMILES string of the molecule is CC(C)CC[P+](=O)c1ccccc1C(=O)c1c(Cl)cccc1Cl. The number of carbonyl (C=O) groups is 1. The van der Waals surface area contributed by atoms with Crippen LogP contribution in [0.2, 0.25) is 10.0 Å². The minimum Gasteiger partial charge on any atom is -0.288 e. The van der Waals surface area contributed by atoms with Gasteiger partial charge in [0.05, 0.1) is 21.2 Å². The molecule has 0 spiro atoms. The van der Waals surface area contributed by atoms with Gasteiger partial charge in [0.2, 0.25) is 11.1 Å². The number of hydrogen-bond donors (Lipinski definition) is 0. The van der Waals surface area contributed by atoms with E-state index in [9.17, 15) is 9.36 Å². The summed E-state index contributed by atoms with van der Waals surface area (Å²) in [7, 11) is -1.63. The summed E-state index contributed by atoms with van der Waals surface area (Å²) in [6.07, 6.45) is 1.41. The minimum absolute atomic E-state index is 0.260. The van der Waals surface area contributed by atoms with Gasteiger partial charge in [0.1, 0.15) is 0 Å². The predicted molar refractivity (Wildman–Crippen MR) is 97.9 cm³/mol. The Labute approximate surface area is 147 Å². The van der Waals surface area contributed by atoms with Crippen LogP contribution in [0.3, 0.4) is 0 Å². The van der Waals surface area contributed by atoms with E-state index in [0.717, 1.165) is 6.42 Å². The molecule has 0 N–H and O–H groups in total. The van der Waals surface area contributed by atoms with Crippen molar-refractivity contribution in [3.8, 4) is 0 Å². The summed E-state index contributed by atoms with van der Waals surface area (Å²) in [6.45, 7) is 4.17. The molecule has 2 aromatic rings. The summed E-state index contributed by atoms with van der Waals surface area (Å²) in [5.74, 6) is 0.180. The lowest BCUT2D eigenvalue weighted by atomic mass is 10.0. The van der Waals surface area contributed by atoms with Crippen molar-refractivity contribution in [2.45, 2.75) is 20.3 Å². The third-order valence-corrected chi connectivity index (χ3v) is 5.74. The summed E-state index contributed by atoms with van der Waals surface area (Å²) in [5.41, 5.74) is 0.669. The Hall–Kier alpha value is -1.21. The van der Waals surface area contributed by atoms with E-state index in [2.05, 4.69) is 13.8 Å². The second-order valence-corrected chi connectivity index (χ2v) is 8.23. The van der Waals surface area contributed by atoms with Crippen LogP contribution in [0, 0.1) is 5.92 Å². The molecule has 0 aliphatic carbocycles. The van der Waals surface area contributed by atoms with Crippen molar-refractivity contribution >= 4 is 42.1 Å². The zero-order valence-corrected chi connectivity index (χ0v) is 15.5. The molecule has 0 amide bonds. The quantitative estimate of drug-likeness (QED) is 0.483. The number of ketones is 1. The third-order valence-electron chi connectivity index (χ3n) is 3.52. The molecule has 1 atom stereocenters. The predicted octanol–water partition coefficient (Wildman–Crippen LogP) is 5.72. The second kappa shape index (κ2) is 8.06. The molecule has 120 valence electrons. The van der Waals surface area contributed by atoms with Gasteiger partial charge >= 0.3 is 7.80 Å². The zero-order valence-electron chi connectivity index (χ0n) is 13.1. The molecule has 0 aliphatic heterocycles. The summed E-state index contributed by atoms with van der Waals surface area (Å²) >= 11 is 12.3. The van der Waals surface area contributed by atoms with Gasteiger partial charge in [-0.15, -0.1) is 0 Å². The molecule has 23 heavy (non-hydrogen) atoms. The average Bonchev–Trinajstić information content (AvgIpc) is 2.52. The number of benzene rings is 2. The number of rotatable bonds is 6. The molecule has 2 nitrogen and oxygen atoms in total. The molecule has 2 aromatic carbocycles. The standard InChI is InChI=1S/C18H18Cl2O2P/c1-12(2)10-11-23(22)16-9-4-3-6-13(16)18(21)17-14(19)7-5-8-15(17)20/h3-9,12H,10-11H2,1-2H3/q+1. The zero-order chi connectivity index (χ0) is 17.0. The summed E-state index contributed by atoms with van der Waals surface area (Å²) in [4.78, 5) is 12.9. The van der Waals surface area contributed by atoms with E-state index in [4.69, 9.17) is 23.2 Å². The van der Waals surface area contributed by atoms with Gasteiger partial charge in [0.15, 0.2) is 6.16 Å². The van der Waals surface area contributed by atoms with Crippen molar-refractivity contribution in [2.75, 3.05) is 6.16 Å². The van der Waals surface area contributed by atoms with Crippen LogP contribution in [0.25, 0.3) is 0 Å². The van der Waals surface area contributed by atoms with Crippen LogP contribution in [-0.2, 0) is 4.57 Å². The lowest BCUT2D eigenvalue weighted by Crippen LogP contribution is -2.15. The molecule has 0 saturated heterocycles. The van der Waals surface area contributed by atoms with E-state index in [1.165, 1.54) is 0 Å². The number of halogens is 2. The van der Waals surface area contributed by atoms with E-state index in [0.29, 0.717) is 33.0 Å². The molecule has 0 bridgehead atoms. The first-order valence-electron chi connectivity index (χ1n) is 7.44. The Morgan fingerprint density at radius 1 is 1.04 bits per heavy atom. The molecular weight excluding hydrogens is 350 g/mol. The van der Waals surface area contributed by atoms with Gasteiger partial charge < -0.3 is 0 Å². The molecular formula is C18H18Cl2O2P+. The van der Waals surface area contributed by atoms with Crippen molar-refractivity contribution in [3.05, 3.63) is 63.6 Å². The smallest absolute Gasteiger partial charge is 0.288 e. The van der Waals surface area contributed by atoms with Crippen LogP contribution in [0.1, 0.15) is 36.2 Å². The fourth-order valence-corrected chi connectivity index (χ4v) is 4.49. The summed E-state index contributed by atoms with van der Waals surface area (Å²) in [5, 5.41) is 1.17. The van der Waals surface area contributed by atoms with Crippen LogP contribution >= 0.6 is 31.0 Å². The van der Waals surface area contributed by atoms with Crippen molar-refractivity contribution in [1.82, 2.24) is 0 Å². The van der Waals surface area contributed by atoms with Gasteiger partial charge in [-0.1, -0.05) is 59.8 Å². The molecule has 1 unspecified atom stereocenters. The molecule has 0 aromatic heterocycles. The maximum atomic E-state index is 12.9. The monoisotopic (exact) mass is 367 g/mol. The van der Waals surface area contributed by atoms with Gasteiger partial charge in [0.25, 0.3) is 0 Å². The van der Waals surface area contributed by atoms with Crippen LogP contribution < -0.4 is 5.30 Å². The largest absolute Gasteiger partial charge is 0.377 e. The normalized spacial score (nSPS) is 11.6. The van der Waals surface area contributed by atoms with Gasteiger partial charge in [-0.2, -0.15) is 0 Å². The Kier molecular flexibility index (Phi) is 6.35. The Morgan fingerprint density at radius 2 is 1.65 bits per heavy atom. The molecule has 0 radical (unpaired) electrons. The molecule has 2 rings (SSSR count). The lowest BCUT2D eigenvalue weighted by molar-refractivity contribution is 0.104. The topological polar surface area (TPSA) is 34.1 Å². The molecule has 0 saturated carbocycles. The van der Waals surface area contributed by atoms with E-state index in [1.807, 2.05) is 0 Å². The van der Waals surface area contributed by atoms with Gasteiger partial charge in [0, 0.05) is 0 Å². The summed E-state index contributed by atoms with van der Waals surface area (Å²) in [6, 6.07) is 11.9. The second-order valence-electron chi connectivity index (χ2n) is 5.73. The Balaban J connectivity index is 2.41. The highest BCUT2D eigenvalue weighted by Gasteiger charge is 2.28. The van der Waals surface area contributed by atoms with Crippen molar-refractivity contribution < 1.29 is 9.36 Å². The number of carbonyl (C=O) groups excluding carboxylic acids is 1. The van der Waals surface area contributed by atoms with Crippen LogP contribution in [0.15, 0.2) is 42.5 Å². The van der Waals surface area contributed by atoms with E-state index in [1.54, 1.807) is 42.5 Å². The van der Waals surface area contributed by atoms with E-state index >= 15 is 0 Å². The molecule has 0 aliphatic rings. The van der Waals surface area contributed by atoms with Gasteiger partial charge in [-0.05, 0) is 36.6 Å².